The zero-order valence-electron chi connectivity index (χ0n) is 11.5. The number of hydrogen-bond donors (Lipinski definition) is 1. The maximum Gasteiger partial charge on any atom is 0.0928 e. The first kappa shape index (κ1) is 14.6. The van der Waals surface area contributed by atoms with Crippen LogP contribution < -0.4 is 5.73 Å². The molecule has 1 rings (SSSR count). The maximum atomic E-state index is 5.75. The third kappa shape index (κ3) is 5.15. The number of aromatic nitrogens is 1. The largest absolute Gasteiger partial charge is 0.330 e. The van der Waals surface area contributed by atoms with Gasteiger partial charge < -0.3 is 5.73 Å². The van der Waals surface area contributed by atoms with Crippen LogP contribution in [0.2, 0.25) is 0 Å². The van der Waals surface area contributed by atoms with Crippen LogP contribution in [0, 0.1) is 5.41 Å². The van der Waals surface area contributed by atoms with Gasteiger partial charge in [-0.3, -0.25) is 4.90 Å². The first-order valence-corrected chi connectivity index (χ1v) is 7.16. The number of hydrogen-bond acceptors (Lipinski definition) is 4. The Balaban J connectivity index is 2.47. The summed E-state index contributed by atoms with van der Waals surface area (Å²) in [6, 6.07) is 0. The summed E-state index contributed by atoms with van der Waals surface area (Å²) in [6.45, 7) is 9.24. The van der Waals surface area contributed by atoms with Gasteiger partial charge in [-0.25, -0.2) is 4.98 Å². The zero-order valence-corrected chi connectivity index (χ0v) is 12.3. The summed E-state index contributed by atoms with van der Waals surface area (Å²) in [6.07, 6.45) is 2.27. The molecule has 0 aliphatic carbocycles. The lowest BCUT2D eigenvalue weighted by Gasteiger charge is -2.28. The highest BCUT2D eigenvalue weighted by atomic mass is 32.1. The summed E-state index contributed by atoms with van der Waals surface area (Å²) >= 11 is 1.78. The van der Waals surface area contributed by atoms with Crippen molar-refractivity contribution in [2.45, 2.75) is 40.2 Å². The summed E-state index contributed by atoms with van der Waals surface area (Å²) in [5.74, 6) is 0. The minimum absolute atomic E-state index is 0.178. The van der Waals surface area contributed by atoms with Crippen LogP contribution >= 0.6 is 11.3 Å². The van der Waals surface area contributed by atoms with Crippen LogP contribution in [0.5, 0.6) is 0 Å². The van der Waals surface area contributed by atoms with Gasteiger partial charge in [-0.15, -0.1) is 11.3 Å². The van der Waals surface area contributed by atoms with E-state index in [-0.39, 0.29) is 5.41 Å². The highest BCUT2D eigenvalue weighted by molar-refractivity contribution is 7.09. The molecule has 0 aromatic carbocycles. The van der Waals surface area contributed by atoms with Crippen molar-refractivity contribution in [3.05, 3.63) is 16.1 Å². The van der Waals surface area contributed by atoms with Crippen molar-refractivity contribution in [3.8, 4) is 0 Å². The van der Waals surface area contributed by atoms with E-state index in [2.05, 4.69) is 43.1 Å². The van der Waals surface area contributed by atoms with Gasteiger partial charge >= 0.3 is 0 Å². The molecule has 17 heavy (non-hydrogen) atoms. The molecule has 0 fully saturated rings. The summed E-state index contributed by atoms with van der Waals surface area (Å²) in [5, 5.41) is 3.44. The van der Waals surface area contributed by atoms with Crippen LogP contribution in [0.1, 0.15) is 37.9 Å². The van der Waals surface area contributed by atoms with Crippen LogP contribution in [-0.4, -0.2) is 30.0 Å². The number of thiazole rings is 1. The Morgan fingerprint density at radius 1 is 1.47 bits per heavy atom. The Kier molecular flexibility index (Phi) is 5.56. The molecule has 98 valence electrons. The van der Waals surface area contributed by atoms with Gasteiger partial charge in [-0.2, -0.15) is 0 Å². The molecule has 0 unspecified atom stereocenters. The van der Waals surface area contributed by atoms with E-state index in [1.165, 1.54) is 17.1 Å². The number of rotatable bonds is 7. The van der Waals surface area contributed by atoms with Gasteiger partial charge in [0.1, 0.15) is 0 Å². The fraction of sp³-hybridized carbons (Fsp3) is 0.769. The van der Waals surface area contributed by atoms with Crippen molar-refractivity contribution in [2.24, 2.45) is 11.1 Å². The summed E-state index contributed by atoms with van der Waals surface area (Å²) in [4.78, 5) is 6.94. The second-order valence-electron chi connectivity index (χ2n) is 5.52. The molecule has 0 saturated carbocycles. The van der Waals surface area contributed by atoms with Crippen LogP contribution in [0.4, 0.5) is 0 Å². The Bertz CT molecular complexity index is 333. The molecule has 0 radical (unpaired) electrons. The Morgan fingerprint density at radius 3 is 2.76 bits per heavy atom. The highest BCUT2D eigenvalue weighted by Gasteiger charge is 2.18. The smallest absolute Gasteiger partial charge is 0.0928 e. The summed E-state index contributed by atoms with van der Waals surface area (Å²) in [5.41, 5.74) is 7.12. The minimum atomic E-state index is 0.178. The molecule has 0 saturated heterocycles. The fourth-order valence-electron chi connectivity index (χ4n) is 1.88. The molecule has 1 aromatic heterocycles. The molecule has 1 heterocycles. The van der Waals surface area contributed by atoms with Crippen molar-refractivity contribution in [2.75, 3.05) is 20.1 Å². The summed E-state index contributed by atoms with van der Waals surface area (Å²) in [7, 11) is 2.14. The molecule has 0 spiro atoms. The van der Waals surface area contributed by atoms with Gasteiger partial charge in [0.2, 0.25) is 0 Å². The van der Waals surface area contributed by atoms with Gasteiger partial charge in [0.25, 0.3) is 0 Å². The van der Waals surface area contributed by atoms with E-state index in [0.29, 0.717) is 0 Å². The lowest BCUT2D eigenvalue weighted by Crippen LogP contribution is -2.36. The van der Waals surface area contributed by atoms with Crippen LogP contribution in [0.25, 0.3) is 0 Å². The second-order valence-corrected chi connectivity index (χ2v) is 6.47. The number of nitrogens with two attached hydrogens (primary N) is 1. The predicted octanol–water partition coefficient (Wildman–Crippen LogP) is 2.51. The molecule has 0 amide bonds. The molecule has 1 aromatic rings. The van der Waals surface area contributed by atoms with Crippen LogP contribution in [0.15, 0.2) is 5.38 Å². The first-order chi connectivity index (χ1) is 7.96. The second kappa shape index (κ2) is 6.47. The van der Waals surface area contributed by atoms with Crippen molar-refractivity contribution < 1.29 is 0 Å². The van der Waals surface area contributed by atoms with Gasteiger partial charge in [0, 0.05) is 18.5 Å². The van der Waals surface area contributed by atoms with E-state index >= 15 is 0 Å². The lowest BCUT2D eigenvalue weighted by atomic mass is 9.93. The van der Waals surface area contributed by atoms with Crippen molar-refractivity contribution in [3.63, 3.8) is 0 Å². The monoisotopic (exact) mass is 255 g/mol. The van der Waals surface area contributed by atoms with Gasteiger partial charge in [0.05, 0.1) is 10.7 Å². The van der Waals surface area contributed by atoms with E-state index < -0.39 is 0 Å². The standard InChI is InChI=1S/C13H25N3S/c1-5-6-12-15-11(8-17-12)7-16(4)10-13(2,3)9-14/h8H,5-7,9-10,14H2,1-4H3. The van der Waals surface area contributed by atoms with E-state index in [0.717, 1.165) is 26.1 Å². The fourth-order valence-corrected chi connectivity index (χ4v) is 2.77. The van der Waals surface area contributed by atoms with Crippen LogP contribution in [-0.2, 0) is 13.0 Å². The molecular formula is C13H25N3S. The lowest BCUT2D eigenvalue weighted by molar-refractivity contribution is 0.208. The van der Waals surface area contributed by atoms with E-state index in [4.69, 9.17) is 5.73 Å². The SMILES string of the molecule is CCCc1nc(CN(C)CC(C)(C)CN)cs1. The van der Waals surface area contributed by atoms with E-state index in [9.17, 15) is 0 Å². The predicted molar refractivity (Wildman–Crippen MR) is 75.3 cm³/mol. The third-order valence-corrected chi connectivity index (χ3v) is 3.70. The Labute approximate surface area is 109 Å². The van der Waals surface area contributed by atoms with E-state index in [1.54, 1.807) is 11.3 Å². The molecule has 3 nitrogen and oxygen atoms in total. The summed E-state index contributed by atoms with van der Waals surface area (Å²) < 4.78 is 0. The molecule has 0 bridgehead atoms. The third-order valence-electron chi connectivity index (χ3n) is 2.75. The number of nitrogens with zero attached hydrogens (tertiary/aromatic N) is 2. The van der Waals surface area contributed by atoms with Gasteiger partial charge in [-0.1, -0.05) is 20.8 Å². The molecule has 0 atom stereocenters. The van der Waals surface area contributed by atoms with Gasteiger partial charge in [-0.05, 0) is 31.8 Å². The van der Waals surface area contributed by atoms with Crippen molar-refractivity contribution in [1.82, 2.24) is 9.88 Å². The zero-order chi connectivity index (χ0) is 12.9. The minimum Gasteiger partial charge on any atom is -0.330 e. The molecular weight excluding hydrogens is 230 g/mol. The average molecular weight is 255 g/mol. The normalized spacial score (nSPS) is 12.4. The topological polar surface area (TPSA) is 42.2 Å². The van der Waals surface area contributed by atoms with Crippen LogP contribution in [0.3, 0.4) is 0 Å². The van der Waals surface area contributed by atoms with Gasteiger partial charge in [0.15, 0.2) is 0 Å². The van der Waals surface area contributed by atoms with Crippen molar-refractivity contribution >= 4 is 11.3 Å². The average Bonchev–Trinajstić information content (AvgIpc) is 2.65. The molecule has 0 aliphatic rings. The Hall–Kier alpha value is -0.450. The molecule has 4 heteroatoms. The quantitative estimate of drug-likeness (QED) is 0.814. The molecule has 2 N–H and O–H groups in total. The Morgan fingerprint density at radius 2 is 2.18 bits per heavy atom. The maximum absolute atomic E-state index is 5.75. The van der Waals surface area contributed by atoms with E-state index in [1.807, 2.05) is 0 Å². The van der Waals surface area contributed by atoms with Crippen molar-refractivity contribution in [1.29, 1.82) is 0 Å². The number of aryl methyl sites for hydroxylation is 1. The first-order valence-electron chi connectivity index (χ1n) is 6.28. The molecule has 0 aliphatic heterocycles. The highest BCUT2D eigenvalue weighted by Crippen LogP contribution is 2.17.